The fourth-order valence-corrected chi connectivity index (χ4v) is 3.20. The first-order valence-corrected chi connectivity index (χ1v) is 8.19. The summed E-state index contributed by atoms with van der Waals surface area (Å²) in [4.78, 5) is 6.48. The van der Waals surface area contributed by atoms with Crippen LogP contribution in [0, 0.1) is 0 Å². The molecule has 1 fully saturated rings. The Balaban J connectivity index is 1.68. The van der Waals surface area contributed by atoms with E-state index in [1.54, 1.807) is 13.4 Å². The van der Waals surface area contributed by atoms with E-state index >= 15 is 0 Å². The smallest absolute Gasteiger partial charge is 0.194 e. The second-order valence-corrected chi connectivity index (χ2v) is 6.50. The first kappa shape index (κ1) is 16.4. The molecule has 0 amide bonds. The van der Waals surface area contributed by atoms with Crippen molar-refractivity contribution >= 4 is 5.96 Å². The number of hydrogen-bond donors (Lipinski definition) is 1. The number of ether oxygens (including phenoxy) is 1. The van der Waals surface area contributed by atoms with Gasteiger partial charge in [0.05, 0.1) is 19.9 Å². The van der Waals surface area contributed by atoms with Gasteiger partial charge < -0.3 is 19.4 Å². The topological polar surface area (TPSA) is 50.0 Å². The van der Waals surface area contributed by atoms with Crippen molar-refractivity contribution in [3.8, 4) is 5.75 Å². The number of methoxy groups -OCH3 is 1. The van der Waals surface area contributed by atoms with Crippen LogP contribution in [-0.2, 0) is 12.0 Å². The predicted molar refractivity (Wildman–Crippen MR) is 95.4 cm³/mol. The standard InChI is InChI=1S/C19H25N3O2/c1-19(15-9-5-6-10-16(15)23-4)12-17(19)21-18(20-2)22(3)13-14-8-7-11-24-14/h5-11,17H,12-13H2,1-4H3,(H,20,21). The monoisotopic (exact) mass is 327 g/mol. The Morgan fingerprint density at radius 2 is 2.17 bits per heavy atom. The highest BCUT2D eigenvalue weighted by Gasteiger charge is 2.53. The molecule has 2 unspecified atom stereocenters. The van der Waals surface area contributed by atoms with Gasteiger partial charge in [-0.1, -0.05) is 25.1 Å². The average Bonchev–Trinajstić information content (AvgIpc) is 2.99. The van der Waals surface area contributed by atoms with E-state index in [4.69, 9.17) is 9.15 Å². The van der Waals surface area contributed by atoms with Crippen LogP contribution in [0.4, 0.5) is 0 Å². The highest BCUT2D eigenvalue weighted by atomic mass is 16.5. The molecule has 3 rings (SSSR count). The molecule has 1 aromatic carbocycles. The number of hydrogen-bond acceptors (Lipinski definition) is 3. The van der Waals surface area contributed by atoms with Crippen molar-refractivity contribution in [2.75, 3.05) is 21.2 Å². The lowest BCUT2D eigenvalue weighted by molar-refractivity contribution is 0.396. The average molecular weight is 327 g/mol. The minimum Gasteiger partial charge on any atom is -0.496 e. The summed E-state index contributed by atoms with van der Waals surface area (Å²) in [6.45, 7) is 2.95. The SMILES string of the molecule is CN=C(NC1CC1(C)c1ccccc1OC)N(C)Cc1ccco1. The number of nitrogens with zero attached hydrogens (tertiary/aromatic N) is 2. The Hall–Kier alpha value is -2.43. The highest BCUT2D eigenvalue weighted by Crippen LogP contribution is 2.51. The minimum atomic E-state index is 0.0636. The van der Waals surface area contributed by atoms with Crippen molar-refractivity contribution in [2.45, 2.75) is 31.3 Å². The maximum Gasteiger partial charge on any atom is 0.194 e. The molecule has 128 valence electrons. The van der Waals surface area contributed by atoms with Gasteiger partial charge in [-0.05, 0) is 24.6 Å². The fourth-order valence-electron chi connectivity index (χ4n) is 3.20. The lowest BCUT2D eigenvalue weighted by Crippen LogP contribution is -2.41. The summed E-state index contributed by atoms with van der Waals surface area (Å²) in [5.74, 6) is 2.74. The number of rotatable bonds is 5. The Labute approximate surface area is 143 Å². The summed E-state index contributed by atoms with van der Waals surface area (Å²) < 4.78 is 10.9. The van der Waals surface area contributed by atoms with Crippen molar-refractivity contribution in [1.82, 2.24) is 10.2 Å². The van der Waals surface area contributed by atoms with E-state index < -0.39 is 0 Å². The molecule has 0 spiro atoms. The number of furan rings is 1. The molecule has 1 aromatic heterocycles. The van der Waals surface area contributed by atoms with E-state index in [0.29, 0.717) is 12.6 Å². The second-order valence-electron chi connectivity index (χ2n) is 6.50. The molecule has 2 atom stereocenters. The molecule has 2 aromatic rings. The molecule has 1 N–H and O–H groups in total. The summed E-state index contributed by atoms with van der Waals surface area (Å²) in [7, 11) is 5.55. The van der Waals surface area contributed by atoms with Crippen molar-refractivity contribution in [1.29, 1.82) is 0 Å². The van der Waals surface area contributed by atoms with Crippen LogP contribution in [0.15, 0.2) is 52.1 Å². The maximum absolute atomic E-state index is 5.53. The predicted octanol–water partition coefficient (Wildman–Crippen LogP) is 3.03. The zero-order chi connectivity index (χ0) is 17.2. The Morgan fingerprint density at radius 3 is 2.83 bits per heavy atom. The summed E-state index contributed by atoms with van der Waals surface area (Å²) in [6, 6.07) is 12.5. The van der Waals surface area contributed by atoms with E-state index in [1.165, 1.54) is 5.56 Å². The first-order valence-electron chi connectivity index (χ1n) is 8.19. The fraction of sp³-hybridized carbons (Fsp3) is 0.421. The molecule has 0 bridgehead atoms. The normalized spacial score (nSPS) is 23.0. The Morgan fingerprint density at radius 1 is 1.38 bits per heavy atom. The Kier molecular flexibility index (Phi) is 4.51. The largest absolute Gasteiger partial charge is 0.496 e. The molecule has 24 heavy (non-hydrogen) atoms. The van der Waals surface area contributed by atoms with Crippen LogP contribution in [0.5, 0.6) is 5.75 Å². The van der Waals surface area contributed by atoms with E-state index in [1.807, 2.05) is 38.4 Å². The summed E-state index contributed by atoms with van der Waals surface area (Å²) in [6.07, 6.45) is 2.75. The van der Waals surface area contributed by atoms with Crippen molar-refractivity contribution in [3.63, 3.8) is 0 Å². The molecule has 0 aliphatic heterocycles. The quantitative estimate of drug-likeness (QED) is 0.677. The van der Waals surface area contributed by atoms with E-state index in [9.17, 15) is 0 Å². The molecular formula is C19H25N3O2. The number of nitrogens with one attached hydrogen (secondary N) is 1. The third-order valence-corrected chi connectivity index (χ3v) is 4.81. The molecule has 1 heterocycles. The first-order chi connectivity index (χ1) is 11.6. The molecule has 1 aliphatic rings. The van der Waals surface area contributed by atoms with Crippen LogP contribution in [0.3, 0.4) is 0 Å². The van der Waals surface area contributed by atoms with E-state index in [0.717, 1.165) is 23.9 Å². The Bertz CT molecular complexity index is 711. The number of para-hydroxylation sites is 1. The van der Waals surface area contributed by atoms with Crippen molar-refractivity contribution < 1.29 is 9.15 Å². The van der Waals surface area contributed by atoms with Gasteiger partial charge in [0.1, 0.15) is 11.5 Å². The van der Waals surface area contributed by atoms with Gasteiger partial charge in [-0.15, -0.1) is 0 Å². The van der Waals surface area contributed by atoms with Crippen molar-refractivity contribution in [2.24, 2.45) is 4.99 Å². The van der Waals surface area contributed by atoms with Gasteiger partial charge in [-0.25, -0.2) is 0 Å². The molecule has 5 nitrogen and oxygen atoms in total. The molecule has 1 aliphatic carbocycles. The molecule has 1 saturated carbocycles. The maximum atomic E-state index is 5.53. The summed E-state index contributed by atoms with van der Waals surface area (Å²) in [5, 5.41) is 3.57. The molecule has 5 heteroatoms. The van der Waals surface area contributed by atoms with Crippen LogP contribution in [0.25, 0.3) is 0 Å². The summed E-state index contributed by atoms with van der Waals surface area (Å²) in [5.41, 5.74) is 1.31. The molecular weight excluding hydrogens is 302 g/mol. The number of guanidine groups is 1. The highest BCUT2D eigenvalue weighted by molar-refractivity contribution is 5.80. The second kappa shape index (κ2) is 6.59. The van der Waals surface area contributed by atoms with Crippen LogP contribution >= 0.6 is 0 Å². The number of aliphatic imine (C=N–C) groups is 1. The van der Waals surface area contributed by atoms with Gasteiger partial charge in [0.15, 0.2) is 5.96 Å². The summed E-state index contributed by atoms with van der Waals surface area (Å²) >= 11 is 0. The van der Waals surface area contributed by atoms with Crippen LogP contribution in [-0.4, -0.2) is 38.1 Å². The van der Waals surface area contributed by atoms with Gasteiger partial charge in [0.25, 0.3) is 0 Å². The van der Waals surface area contributed by atoms with E-state index in [-0.39, 0.29) is 5.41 Å². The number of benzene rings is 1. The van der Waals surface area contributed by atoms with Gasteiger partial charge in [-0.3, -0.25) is 4.99 Å². The zero-order valence-corrected chi connectivity index (χ0v) is 14.7. The van der Waals surface area contributed by atoms with Crippen LogP contribution in [0.1, 0.15) is 24.7 Å². The van der Waals surface area contributed by atoms with Crippen molar-refractivity contribution in [3.05, 3.63) is 54.0 Å². The van der Waals surface area contributed by atoms with Gasteiger partial charge in [0.2, 0.25) is 0 Å². The van der Waals surface area contributed by atoms with Gasteiger partial charge in [0, 0.05) is 31.1 Å². The molecule has 0 saturated heterocycles. The zero-order valence-electron chi connectivity index (χ0n) is 14.7. The lowest BCUT2D eigenvalue weighted by Gasteiger charge is -2.23. The third kappa shape index (κ3) is 3.11. The minimum absolute atomic E-state index is 0.0636. The van der Waals surface area contributed by atoms with E-state index in [2.05, 4.69) is 34.3 Å². The van der Waals surface area contributed by atoms with Gasteiger partial charge in [-0.2, -0.15) is 0 Å². The molecule has 0 radical (unpaired) electrons. The van der Waals surface area contributed by atoms with Crippen LogP contribution in [0.2, 0.25) is 0 Å². The van der Waals surface area contributed by atoms with Crippen LogP contribution < -0.4 is 10.1 Å². The third-order valence-electron chi connectivity index (χ3n) is 4.81. The lowest BCUT2D eigenvalue weighted by atomic mass is 9.96. The van der Waals surface area contributed by atoms with Gasteiger partial charge >= 0.3 is 0 Å².